The Bertz CT molecular complexity index is 1580. The number of rotatable bonds is 4. The SMILES string of the molecule is Cc1ccc(CN2C(=O)/C(=C(\c3cc4ccccc4[nH]3)c3ccccc3N)c3ccccc32)cc1. The van der Waals surface area contributed by atoms with Gasteiger partial charge in [0.25, 0.3) is 5.91 Å². The molecule has 4 heteroatoms. The standard InChI is InChI=1S/C31H25N3O/c1-20-14-16-21(17-15-20)19-34-28-13-7-4-10-24(28)30(31(34)35)29(23-9-3-5-11-25(23)32)27-18-22-8-2-6-12-26(22)33-27/h2-18,33H,19,32H2,1H3/b30-29-. The molecule has 0 saturated heterocycles. The van der Waals surface area contributed by atoms with Crippen molar-refractivity contribution in [1.29, 1.82) is 0 Å². The molecule has 4 nitrogen and oxygen atoms in total. The number of aromatic amines is 1. The van der Waals surface area contributed by atoms with Gasteiger partial charge >= 0.3 is 0 Å². The van der Waals surface area contributed by atoms with Gasteiger partial charge in [-0.05, 0) is 36.8 Å². The molecule has 2 heterocycles. The first-order chi connectivity index (χ1) is 17.1. The number of anilines is 2. The maximum absolute atomic E-state index is 14.2. The zero-order valence-electron chi connectivity index (χ0n) is 19.5. The number of nitrogens with zero attached hydrogens (tertiary/aromatic N) is 1. The number of nitrogen functional groups attached to an aromatic ring is 1. The van der Waals surface area contributed by atoms with Crippen LogP contribution in [0.4, 0.5) is 11.4 Å². The number of hydrogen-bond donors (Lipinski definition) is 2. The van der Waals surface area contributed by atoms with E-state index in [1.165, 1.54) is 5.56 Å². The summed E-state index contributed by atoms with van der Waals surface area (Å²) in [6.45, 7) is 2.57. The summed E-state index contributed by atoms with van der Waals surface area (Å²) in [5.41, 5.74) is 15.5. The van der Waals surface area contributed by atoms with Crippen LogP contribution in [0.1, 0.15) is 27.9 Å². The van der Waals surface area contributed by atoms with Gasteiger partial charge in [-0.25, -0.2) is 0 Å². The number of para-hydroxylation sites is 3. The van der Waals surface area contributed by atoms with Crippen molar-refractivity contribution in [2.45, 2.75) is 13.5 Å². The molecule has 0 unspecified atom stereocenters. The Morgan fingerprint density at radius 3 is 2.37 bits per heavy atom. The number of H-pyrrole nitrogens is 1. The van der Waals surface area contributed by atoms with E-state index >= 15 is 0 Å². The lowest BCUT2D eigenvalue weighted by atomic mass is 9.92. The summed E-state index contributed by atoms with van der Waals surface area (Å²) >= 11 is 0. The summed E-state index contributed by atoms with van der Waals surface area (Å²) in [5.74, 6) is -0.0244. The number of carbonyl (C=O) groups excluding carboxylic acids is 1. The first-order valence-electron chi connectivity index (χ1n) is 11.7. The highest BCUT2D eigenvalue weighted by molar-refractivity contribution is 6.39. The van der Waals surface area contributed by atoms with Crippen molar-refractivity contribution in [3.8, 4) is 0 Å². The summed E-state index contributed by atoms with van der Waals surface area (Å²) in [5, 5.41) is 1.09. The fraction of sp³-hybridized carbons (Fsp3) is 0.0645. The van der Waals surface area contributed by atoms with Crippen molar-refractivity contribution in [2.24, 2.45) is 0 Å². The third-order valence-electron chi connectivity index (χ3n) is 6.66. The van der Waals surface area contributed by atoms with Gasteiger partial charge in [0.1, 0.15) is 0 Å². The van der Waals surface area contributed by atoms with E-state index in [1.54, 1.807) is 0 Å². The predicted octanol–water partition coefficient (Wildman–Crippen LogP) is 6.56. The van der Waals surface area contributed by atoms with Crippen LogP contribution in [-0.4, -0.2) is 10.9 Å². The summed E-state index contributed by atoms with van der Waals surface area (Å²) < 4.78 is 0. The maximum atomic E-state index is 14.2. The van der Waals surface area contributed by atoms with E-state index in [9.17, 15) is 4.79 Å². The van der Waals surface area contributed by atoms with Gasteiger partial charge in [-0.1, -0.05) is 84.4 Å². The third kappa shape index (κ3) is 3.60. The Labute approximate surface area is 204 Å². The van der Waals surface area contributed by atoms with E-state index in [-0.39, 0.29) is 5.91 Å². The number of amides is 1. The molecule has 1 aromatic heterocycles. The molecular formula is C31H25N3O. The van der Waals surface area contributed by atoms with Crippen LogP contribution in [0.5, 0.6) is 0 Å². The first kappa shape index (κ1) is 21.0. The fourth-order valence-corrected chi connectivity index (χ4v) is 4.90. The van der Waals surface area contributed by atoms with Gasteiger partial charge in [-0.15, -0.1) is 0 Å². The molecule has 4 aromatic carbocycles. The highest BCUT2D eigenvalue weighted by Crippen LogP contribution is 2.44. The molecule has 0 atom stereocenters. The fourth-order valence-electron chi connectivity index (χ4n) is 4.90. The number of carbonyl (C=O) groups is 1. The molecule has 1 aliphatic heterocycles. The highest BCUT2D eigenvalue weighted by atomic mass is 16.2. The van der Waals surface area contributed by atoms with E-state index in [1.807, 2.05) is 71.6 Å². The number of aryl methyl sites for hydroxylation is 1. The van der Waals surface area contributed by atoms with Crippen molar-refractivity contribution < 1.29 is 4.79 Å². The number of hydrogen-bond acceptors (Lipinski definition) is 2. The quantitative estimate of drug-likeness (QED) is 0.238. The van der Waals surface area contributed by atoms with E-state index in [0.717, 1.165) is 44.5 Å². The van der Waals surface area contributed by atoms with Crippen molar-refractivity contribution in [3.63, 3.8) is 0 Å². The Morgan fingerprint density at radius 2 is 1.57 bits per heavy atom. The third-order valence-corrected chi connectivity index (χ3v) is 6.66. The summed E-state index contributed by atoms with van der Waals surface area (Å²) in [4.78, 5) is 19.6. The van der Waals surface area contributed by atoms with Crippen LogP contribution >= 0.6 is 0 Å². The molecule has 0 bridgehead atoms. The van der Waals surface area contributed by atoms with E-state index in [0.29, 0.717) is 17.8 Å². The maximum Gasteiger partial charge on any atom is 0.260 e. The molecular weight excluding hydrogens is 430 g/mol. The molecule has 1 aliphatic rings. The minimum atomic E-state index is -0.0244. The van der Waals surface area contributed by atoms with Gasteiger partial charge in [0.2, 0.25) is 0 Å². The zero-order valence-corrected chi connectivity index (χ0v) is 19.5. The van der Waals surface area contributed by atoms with Gasteiger partial charge in [0, 0.05) is 39.0 Å². The molecule has 0 saturated carbocycles. The number of aromatic nitrogens is 1. The topological polar surface area (TPSA) is 62.1 Å². The van der Waals surface area contributed by atoms with E-state index in [2.05, 4.69) is 48.3 Å². The monoisotopic (exact) mass is 455 g/mol. The van der Waals surface area contributed by atoms with Crippen LogP contribution in [-0.2, 0) is 11.3 Å². The van der Waals surface area contributed by atoms with Gasteiger partial charge in [0.05, 0.1) is 17.8 Å². The van der Waals surface area contributed by atoms with Gasteiger partial charge in [-0.3, -0.25) is 4.79 Å². The molecule has 0 radical (unpaired) electrons. The Kier molecular flexibility index (Phi) is 5.00. The van der Waals surface area contributed by atoms with Crippen LogP contribution < -0.4 is 10.6 Å². The predicted molar refractivity (Wildman–Crippen MR) is 144 cm³/mol. The highest BCUT2D eigenvalue weighted by Gasteiger charge is 2.35. The van der Waals surface area contributed by atoms with E-state index < -0.39 is 0 Å². The number of benzene rings is 4. The Hall–Kier alpha value is -4.57. The molecule has 3 N–H and O–H groups in total. The summed E-state index contributed by atoms with van der Waals surface area (Å²) in [6, 6.07) is 34.3. The van der Waals surface area contributed by atoms with Gasteiger partial charge in [-0.2, -0.15) is 0 Å². The van der Waals surface area contributed by atoms with Crippen molar-refractivity contribution >= 4 is 39.3 Å². The molecule has 0 spiro atoms. The second-order valence-electron chi connectivity index (χ2n) is 9.00. The average molecular weight is 456 g/mol. The average Bonchev–Trinajstić information content (AvgIpc) is 3.42. The second-order valence-corrected chi connectivity index (χ2v) is 9.00. The largest absolute Gasteiger partial charge is 0.398 e. The van der Waals surface area contributed by atoms with Crippen molar-refractivity contribution in [3.05, 3.63) is 131 Å². The van der Waals surface area contributed by atoms with Crippen LogP contribution in [0.25, 0.3) is 22.0 Å². The van der Waals surface area contributed by atoms with Crippen LogP contribution in [0.15, 0.2) is 103 Å². The Morgan fingerprint density at radius 1 is 0.857 bits per heavy atom. The zero-order chi connectivity index (χ0) is 23.9. The number of nitrogens with two attached hydrogens (primary N) is 1. The molecule has 35 heavy (non-hydrogen) atoms. The van der Waals surface area contributed by atoms with Gasteiger partial charge in [0.15, 0.2) is 0 Å². The van der Waals surface area contributed by atoms with Crippen LogP contribution in [0.3, 0.4) is 0 Å². The smallest absolute Gasteiger partial charge is 0.260 e. The van der Waals surface area contributed by atoms with Gasteiger partial charge < -0.3 is 15.6 Å². The Balaban J connectivity index is 1.60. The lowest BCUT2D eigenvalue weighted by molar-refractivity contribution is -0.113. The molecule has 6 rings (SSSR count). The summed E-state index contributed by atoms with van der Waals surface area (Å²) in [7, 11) is 0. The normalized spacial score (nSPS) is 14.4. The number of fused-ring (bicyclic) bond motifs is 2. The lowest BCUT2D eigenvalue weighted by Gasteiger charge is -2.18. The van der Waals surface area contributed by atoms with Crippen molar-refractivity contribution in [1.82, 2.24) is 4.98 Å². The van der Waals surface area contributed by atoms with Crippen LogP contribution in [0, 0.1) is 6.92 Å². The second kappa shape index (κ2) is 8.33. The number of nitrogens with one attached hydrogen (secondary N) is 1. The molecule has 170 valence electrons. The molecule has 0 fully saturated rings. The van der Waals surface area contributed by atoms with Crippen LogP contribution in [0.2, 0.25) is 0 Å². The first-order valence-corrected chi connectivity index (χ1v) is 11.7. The molecule has 5 aromatic rings. The minimum absolute atomic E-state index is 0.0244. The minimum Gasteiger partial charge on any atom is -0.398 e. The molecule has 1 amide bonds. The summed E-state index contributed by atoms with van der Waals surface area (Å²) in [6.07, 6.45) is 0. The molecule has 0 aliphatic carbocycles. The lowest BCUT2D eigenvalue weighted by Crippen LogP contribution is -2.26. The van der Waals surface area contributed by atoms with Crippen molar-refractivity contribution in [2.75, 3.05) is 10.6 Å². The van der Waals surface area contributed by atoms with E-state index in [4.69, 9.17) is 5.73 Å².